The molecule has 0 aromatic heterocycles. The van der Waals surface area contributed by atoms with Crippen LogP contribution in [0, 0.1) is 5.92 Å². The second-order valence-electron chi connectivity index (χ2n) is 4.85. The Morgan fingerprint density at radius 3 is 3.12 bits per heavy atom. The molecule has 1 fully saturated rings. The number of ether oxygens (including phenoxy) is 1. The van der Waals surface area contributed by atoms with Crippen molar-refractivity contribution >= 4 is 5.78 Å². The van der Waals surface area contributed by atoms with E-state index in [-0.39, 0.29) is 17.8 Å². The summed E-state index contributed by atoms with van der Waals surface area (Å²) in [4.78, 5) is 11.9. The van der Waals surface area contributed by atoms with E-state index in [4.69, 9.17) is 4.74 Å². The Kier molecular flexibility index (Phi) is 2.36. The molecule has 3 heteroatoms. The summed E-state index contributed by atoms with van der Waals surface area (Å²) in [5.41, 5.74) is 1.16. The Balaban J connectivity index is 1.87. The molecule has 86 valence electrons. The van der Waals surface area contributed by atoms with Gasteiger partial charge in [-0.15, -0.1) is 0 Å². The average molecular weight is 220 g/mol. The number of aliphatic hydroxyl groups is 1. The predicted molar refractivity (Wildman–Crippen MR) is 58.6 cm³/mol. The van der Waals surface area contributed by atoms with E-state index in [1.54, 1.807) is 0 Å². The van der Waals surface area contributed by atoms with Gasteiger partial charge in [-0.1, -0.05) is 12.2 Å². The quantitative estimate of drug-likeness (QED) is 0.676. The zero-order valence-corrected chi connectivity index (χ0v) is 9.19. The van der Waals surface area contributed by atoms with E-state index in [2.05, 4.69) is 12.2 Å². The lowest BCUT2D eigenvalue weighted by Crippen LogP contribution is -2.44. The van der Waals surface area contributed by atoms with Crippen molar-refractivity contribution in [2.75, 3.05) is 0 Å². The Morgan fingerprint density at radius 1 is 1.38 bits per heavy atom. The zero-order chi connectivity index (χ0) is 11.1. The normalized spacial score (nSPS) is 37.8. The molecule has 3 rings (SSSR count). The lowest BCUT2D eigenvalue weighted by atomic mass is 9.77. The fraction of sp³-hybridized carbons (Fsp3) is 0.615. The van der Waals surface area contributed by atoms with Crippen LogP contribution in [0.3, 0.4) is 0 Å². The summed E-state index contributed by atoms with van der Waals surface area (Å²) in [7, 11) is 0. The van der Waals surface area contributed by atoms with Crippen LogP contribution in [-0.4, -0.2) is 23.1 Å². The molecule has 0 bridgehead atoms. The van der Waals surface area contributed by atoms with Crippen LogP contribution in [0.4, 0.5) is 0 Å². The summed E-state index contributed by atoms with van der Waals surface area (Å²) in [6.07, 6.45) is 7.57. The lowest BCUT2D eigenvalue weighted by Gasteiger charge is -2.39. The van der Waals surface area contributed by atoms with Crippen molar-refractivity contribution in [3.8, 4) is 0 Å². The fourth-order valence-corrected chi connectivity index (χ4v) is 2.90. The third-order valence-corrected chi connectivity index (χ3v) is 3.82. The Morgan fingerprint density at radius 2 is 2.25 bits per heavy atom. The number of fused-ring (bicyclic) bond motifs is 1. The third-order valence-electron chi connectivity index (χ3n) is 3.82. The van der Waals surface area contributed by atoms with Crippen LogP contribution in [0.5, 0.6) is 0 Å². The molecule has 16 heavy (non-hydrogen) atoms. The minimum absolute atomic E-state index is 0.0150. The molecule has 1 saturated carbocycles. The van der Waals surface area contributed by atoms with Crippen molar-refractivity contribution in [1.82, 2.24) is 0 Å². The summed E-state index contributed by atoms with van der Waals surface area (Å²) in [5.74, 6) is 0.931. The first-order valence-electron chi connectivity index (χ1n) is 6.02. The maximum atomic E-state index is 11.9. The minimum Gasteiger partial charge on any atom is -0.494 e. The highest BCUT2D eigenvalue weighted by Crippen LogP contribution is 2.39. The minimum atomic E-state index is -0.764. The molecule has 1 aliphatic heterocycles. The topological polar surface area (TPSA) is 46.5 Å². The molecule has 3 atom stereocenters. The van der Waals surface area contributed by atoms with Gasteiger partial charge in [-0.05, 0) is 31.3 Å². The number of hydrogen-bond acceptors (Lipinski definition) is 3. The SMILES string of the molecule is O=C1C(O)CCC2OC3=C(C=CCC3)CC12. The van der Waals surface area contributed by atoms with Gasteiger partial charge >= 0.3 is 0 Å². The van der Waals surface area contributed by atoms with E-state index in [1.165, 1.54) is 0 Å². The molecule has 2 aliphatic carbocycles. The first-order chi connectivity index (χ1) is 7.75. The number of allylic oxidation sites excluding steroid dienone is 4. The van der Waals surface area contributed by atoms with Gasteiger partial charge in [0.2, 0.25) is 0 Å². The van der Waals surface area contributed by atoms with Crippen molar-refractivity contribution < 1.29 is 14.6 Å². The number of carbonyl (C=O) groups is 1. The van der Waals surface area contributed by atoms with Crippen LogP contribution < -0.4 is 0 Å². The molecule has 1 N–H and O–H groups in total. The fourth-order valence-electron chi connectivity index (χ4n) is 2.90. The van der Waals surface area contributed by atoms with Crippen molar-refractivity contribution in [3.63, 3.8) is 0 Å². The Labute approximate surface area is 94.8 Å². The summed E-state index contributed by atoms with van der Waals surface area (Å²) >= 11 is 0. The molecule has 0 aromatic carbocycles. The number of rotatable bonds is 0. The third kappa shape index (κ3) is 1.50. The first-order valence-corrected chi connectivity index (χ1v) is 6.02. The molecule has 0 spiro atoms. The van der Waals surface area contributed by atoms with Crippen molar-refractivity contribution in [3.05, 3.63) is 23.5 Å². The first kappa shape index (κ1) is 10.1. The average Bonchev–Trinajstić information content (AvgIpc) is 2.32. The molecule has 0 amide bonds. The van der Waals surface area contributed by atoms with Crippen molar-refractivity contribution in [1.29, 1.82) is 0 Å². The molecule has 3 aliphatic rings. The van der Waals surface area contributed by atoms with Crippen LogP contribution in [0.25, 0.3) is 0 Å². The number of hydrogen-bond donors (Lipinski definition) is 1. The monoisotopic (exact) mass is 220 g/mol. The zero-order valence-electron chi connectivity index (χ0n) is 9.19. The molecular weight excluding hydrogens is 204 g/mol. The van der Waals surface area contributed by atoms with Crippen LogP contribution in [0.2, 0.25) is 0 Å². The van der Waals surface area contributed by atoms with Gasteiger partial charge in [0.25, 0.3) is 0 Å². The van der Waals surface area contributed by atoms with E-state index in [9.17, 15) is 9.90 Å². The van der Waals surface area contributed by atoms with Crippen LogP contribution in [-0.2, 0) is 9.53 Å². The second kappa shape index (κ2) is 3.74. The van der Waals surface area contributed by atoms with Gasteiger partial charge in [-0.3, -0.25) is 4.79 Å². The van der Waals surface area contributed by atoms with Gasteiger partial charge in [0.15, 0.2) is 5.78 Å². The van der Waals surface area contributed by atoms with E-state index in [1.807, 2.05) is 0 Å². The summed E-state index contributed by atoms with van der Waals surface area (Å²) < 4.78 is 5.91. The number of Topliss-reactive ketones (excluding diaryl/α,β-unsaturated/α-hetero) is 1. The van der Waals surface area contributed by atoms with Gasteiger partial charge in [-0.2, -0.15) is 0 Å². The lowest BCUT2D eigenvalue weighted by molar-refractivity contribution is -0.142. The number of carbonyl (C=O) groups excluding carboxylic acids is 1. The van der Waals surface area contributed by atoms with Gasteiger partial charge < -0.3 is 9.84 Å². The molecule has 0 aromatic rings. The van der Waals surface area contributed by atoms with Crippen molar-refractivity contribution in [2.24, 2.45) is 5.92 Å². The predicted octanol–water partition coefficient (Wildman–Crippen LogP) is 1.72. The number of ketones is 1. The van der Waals surface area contributed by atoms with Gasteiger partial charge in [0.05, 0.1) is 11.7 Å². The van der Waals surface area contributed by atoms with Crippen molar-refractivity contribution in [2.45, 2.75) is 44.3 Å². The largest absolute Gasteiger partial charge is 0.494 e. The van der Waals surface area contributed by atoms with Crippen LogP contribution >= 0.6 is 0 Å². The maximum absolute atomic E-state index is 11.9. The van der Waals surface area contributed by atoms with E-state index >= 15 is 0 Å². The molecule has 0 saturated heterocycles. The van der Waals surface area contributed by atoms with Crippen LogP contribution in [0.15, 0.2) is 23.5 Å². The molecule has 3 unspecified atom stereocenters. The Bertz CT molecular complexity index is 381. The highest BCUT2D eigenvalue weighted by Gasteiger charge is 2.42. The molecule has 0 radical (unpaired) electrons. The summed E-state index contributed by atoms with van der Waals surface area (Å²) in [5, 5.41) is 9.57. The molecule has 3 nitrogen and oxygen atoms in total. The van der Waals surface area contributed by atoms with E-state index in [0.717, 1.165) is 37.0 Å². The van der Waals surface area contributed by atoms with Gasteiger partial charge in [-0.25, -0.2) is 0 Å². The molecular formula is C13H16O3. The van der Waals surface area contributed by atoms with Gasteiger partial charge in [0, 0.05) is 6.42 Å². The van der Waals surface area contributed by atoms with E-state index in [0.29, 0.717) is 6.42 Å². The summed E-state index contributed by atoms with van der Waals surface area (Å²) in [6, 6.07) is 0. The highest BCUT2D eigenvalue weighted by molar-refractivity contribution is 5.87. The number of aliphatic hydroxyl groups excluding tert-OH is 1. The standard InChI is InChI=1S/C13H16O3/c14-10-5-6-12-9(13(10)15)7-8-3-1-2-4-11(8)16-12/h1,3,9-10,12,14H,2,4-7H2. The highest BCUT2D eigenvalue weighted by atomic mass is 16.5. The Hall–Kier alpha value is -1.09. The van der Waals surface area contributed by atoms with E-state index < -0.39 is 6.10 Å². The molecule has 1 heterocycles. The maximum Gasteiger partial charge on any atom is 0.168 e. The smallest absolute Gasteiger partial charge is 0.168 e. The van der Waals surface area contributed by atoms with Gasteiger partial charge in [0.1, 0.15) is 12.2 Å². The summed E-state index contributed by atoms with van der Waals surface area (Å²) in [6.45, 7) is 0. The van der Waals surface area contributed by atoms with Crippen LogP contribution in [0.1, 0.15) is 32.1 Å². The second-order valence-corrected chi connectivity index (χ2v) is 4.85.